The van der Waals surface area contributed by atoms with Crippen LogP contribution < -0.4 is 5.32 Å². The Kier molecular flexibility index (Phi) is 57.5. The van der Waals surface area contributed by atoms with Crippen molar-refractivity contribution in [3.8, 4) is 0 Å². The number of esters is 1. The summed E-state index contributed by atoms with van der Waals surface area (Å²) in [6, 6.07) is -0.540. The first kappa shape index (κ1) is 66.9. The summed E-state index contributed by atoms with van der Waals surface area (Å²) in [5, 5.41) is 23.3. The van der Waals surface area contributed by atoms with E-state index in [1.807, 2.05) is 0 Å². The van der Waals surface area contributed by atoms with Crippen LogP contribution in [0.1, 0.15) is 361 Å². The van der Waals surface area contributed by atoms with Crippen LogP contribution in [0, 0.1) is 0 Å². The first-order chi connectivity index (χ1) is 33.5. The number of unbranched alkanes of at least 4 members (excludes halogenated alkanes) is 48. The Morgan fingerprint density at radius 1 is 0.353 bits per heavy atom. The zero-order valence-electron chi connectivity index (χ0n) is 46.4. The third-order valence-electron chi connectivity index (χ3n) is 14.9. The molecule has 0 radical (unpaired) electrons. The van der Waals surface area contributed by atoms with E-state index in [1.165, 1.54) is 289 Å². The maximum Gasteiger partial charge on any atom is 0.305 e. The summed E-state index contributed by atoms with van der Waals surface area (Å²) in [6.07, 6.45) is 68.2. The topological polar surface area (TPSA) is 95.9 Å². The maximum atomic E-state index is 12.5. The molecule has 3 N–H and O–H groups in total. The van der Waals surface area contributed by atoms with E-state index < -0.39 is 12.1 Å². The van der Waals surface area contributed by atoms with Crippen LogP contribution in [0.15, 0.2) is 0 Å². The van der Waals surface area contributed by atoms with Crippen molar-refractivity contribution in [3.05, 3.63) is 0 Å². The van der Waals surface area contributed by atoms with Crippen molar-refractivity contribution in [2.75, 3.05) is 13.2 Å². The van der Waals surface area contributed by atoms with E-state index in [2.05, 4.69) is 19.2 Å². The van der Waals surface area contributed by atoms with Gasteiger partial charge in [0.05, 0.1) is 25.4 Å². The van der Waals surface area contributed by atoms with Gasteiger partial charge in [-0.05, 0) is 25.7 Å². The highest BCUT2D eigenvalue weighted by molar-refractivity contribution is 5.76. The third kappa shape index (κ3) is 54.2. The van der Waals surface area contributed by atoms with E-state index in [9.17, 15) is 19.8 Å². The van der Waals surface area contributed by atoms with Gasteiger partial charge in [0.25, 0.3) is 0 Å². The summed E-state index contributed by atoms with van der Waals surface area (Å²) in [6.45, 7) is 4.98. The Balaban J connectivity index is 3.36. The lowest BCUT2D eigenvalue weighted by Gasteiger charge is -2.22. The van der Waals surface area contributed by atoms with Crippen LogP contribution in [-0.2, 0) is 14.3 Å². The minimum atomic E-state index is -0.663. The van der Waals surface area contributed by atoms with Crippen LogP contribution in [0.5, 0.6) is 0 Å². The molecule has 0 aromatic rings. The van der Waals surface area contributed by atoms with E-state index in [1.54, 1.807) is 0 Å². The van der Waals surface area contributed by atoms with E-state index in [-0.39, 0.29) is 18.5 Å². The van der Waals surface area contributed by atoms with Gasteiger partial charge in [-0.15, -0.1) is 0 Å². The third-order valence-corrected chi connectivity index (χ3v) is 14.9. The minimum absolute atomic E-state index is 0.0160. The summed E-state index contributed by atoms with van der Waals surface area (Å²) < 4.78 is 5.49. The van der Waals surface area contributed by atoms with Gasteiger partial charge in [0.2, 0.25) is 5.91 Å². The molecule has 0 aromatic heterocycles. The van der Waals surface area contributed by atoms with Crippen molar-refractivity contribution in [2.45, 2.75) is 373 Å². The lowest BCUT2D eigenvalue weighted by atomic mass is 10.0. The fourth-order valence-electron chi connectivity index (χ4n) is 10.1. The van der Waals surface area contributed by atoms with Crippen LogP contribution in [0.4, 0.5) is 0 Å². The largest absolute Gasteiger partial charge is 0.466 e. The summed E-state index contributed by atoms with van der Waals surface area (Å²) >= 11 is 0. The molecule has 68 heavy (non-hydrogen) atoms. The van der Waals surface area contributed by atoms with Gasteiger partial charge in [0.15, 0.2) is 0 Å². The maximum absolute atomic E-state index is 12.5. The number of carbonyl (C=O) groups is 2. The molecule has 6 heteroatoms. The number of hydrogen-bond acceptors (Lipinski definition) is 5. The second kappa shape index (κ2) is 58.4. The molecule has 6 nitrogen and oxygen atoms in total. The van der Waals surface area contributed by atoms with Gasteiger partial charge < -0.3 is 20.3 Å². The number of nitrogens with one attached hydrogen (secondary N) is 1. The quantitative estimate of drug-likeness (QED) is 0.0417. The van der Waals surface area contributed by atoms with Crippen LogP contribution in [0.25, 0.3) is 0 Å². The number of rotatable bonds is 59. The number of amides is 1. The predicted molar refractivity (Wildman–Crippen MR) is 297 cm³/mol. The Morgan fingerprint density at radius 3 is 0.897 bits per heavy atom. The van der Waals surface area contributed by atoms with Crippen LogP contribution >= 0.6 is 0 Å². The molecule has 0 rings (SSSR count). The van der Waals surface area contributed by atoms with Gasteiger partial charge >= 0.3 is 5.97 Å². The first-order valence-electron chi connectivity index (χ1n) is 31.3. The molecule has 0 aromatic carbocycles. The summed E-state index contributed by atoms with van der Waals surface area (Å²) in [4.78, 5) is 24.5. The molecule has 406 valence electrons. The van der Waals surface area contributed by atoms with Crippen molar-refractivity contribution in [1.82, 2.24) is 5.32 Å². The molecule has 0 saturated carbocycles. The highest BCUT2D eigenvalue weighted by atomic mass is 16.5. The zero-order valence-corrected chi connectivity index (χ0v) is 46.4. The molecule has 2 unspecified atom stereocenters. The molecule has 0 aliphatic heterocycles. The fraction of sp³-hybridized carbons (Fsp3) is 0.968. The van der Waals surface area contributed by atoms with Gasteiger partial charge in [-0.3, -0.25) is 9.59 Å². The highest BCUT2D eigenvalue weighted by Gasteiger charge is 2.20. The van der Waals surface area contributed by atoms with Crippen molar-refractivity contribution >= 4 is 11.9 Å². The molecule has 0 spiro atoms. The summed E-state index contributed by atoms with van der Waals surface area (Å²) in [5.74, 6) is -0.0168. The Labute approximate surface area is 426 Å². The van der Waals surface area contributed by atoms with Gasteiger partial charge in [0.1, 0.15) is 0 Å². The molecule has 0 saturated heterocycles. The van der Waals surface area contributed by atoms with Crippen LogP contribution in [-0.4, -0.2) is 47.4 Å². The van der Waals surface area contributed by atoms with Crippen molar-refractivity contribution in [3.63, 3.8) is 0 Å². The number of aliphatic hydroxyl groups is 2. The highest BCUT2D eigenvalue weighted by Crippen LogP contribution is 2.19. The Hall–Kier alpha value is -1.14. The number of ether oxygens (including phenoxy) is 1. The van der Waals surface area contributed by atoms with Crippen molar-refractivity contribution in [1.29, 1.82) is 0 Å². The van der Waals surface area contributed by atoms with Crippen molar-refractivity contribution < 1.29 is 24.5 Å². The van der Waals surface area contributed by atoms with Gasteiger partial charge in [-0.2, -0.15) is 0 Å². The first-order valence-corrected chi connectivity index (χ1v) is 31.3. The van der Waals surface area contributed by atoms with E-state index >= 15 is 0 Å². The second-order valence-corrected chi connectivity index (χ2v) is 21.8. The van der Waals surface area contributed by atoms with Crippen LogP contribution in [0.2, 0.25) is 0 Å². The summed E-state index contributed by atoms with van der Waals surface area (Å²) in [5.41, 5.74) is 0. The van der Waals surface area contributed by atoms with E-state index in [0.29, 0.717) is 25.9 Å². The molecule has 2 atom stereocenters. The van der Waals surface area contributed by atoms with Gasteiger partial charge in [-0.25, -0.2) is 0 Å². The lowest BCUT2D eigenvalue weighted by molar-refractivity contribution is -0.143. The molecule has 0 aliphatic rings. The van der Waals surface area contributed by atoms with E-state index in [0.717, 1.165) is 38.5 Å². The lowest BCUT2D eigenvalue weighted by Crippen LogP contribution is -2.45. The predicted octanol–water partition coefficient (Wildman–Crippen LogP) is 19.5. The normalized spacial score (nSPS) is 12.5. The fourth-order valence-corrected chi connectivity index (χ4v) is 10.1. The standard InChI is InChI=1S/C62H123NO5/c1-3-5-7-9-11-13-15-17-26-30-34-38-42-46-50-54-60(65)59(58-64)63-61(66)55-51-47-43-39-35-31-28-24-22-20-19-21-23-25-29-33-37-41-45-49-53-57-68-62(67)56-52-48-44-40-36-32-27-18-16-14-12-10-8-6-4-2/h59-60,64-65H,3-58H2,1-2H3,(H,63,66). The molecule has 0 aliphatic carbocycles. The van der Waals surface area contributed by atoms with Gasteiger partial charge in [0, 0.05) is 12.8 Å². The SMILES string of the molecule is CCCCCCCCCCCCCCCCCC(=O)OCCCCCCCCCCCCCCCCCCCCCCCC(=O)NC(CO)C(O)CCCCCCCCCCCCCCCCC. The monoisotopic (exact) mass is 962 g/mol. The summed E-state index contributed by atoms with van der Waals surface area (Å²) in [7, 11) is 0. The average Bonchev–Trinajstić information content (AvgIpc) is 3.34. The minimum Gasteiger partial charge on any atom is -0.466 e. The average molecular weight is 963 g/mol. The number of aliphatic hydroxyl groups excluding tert-OH is 2. The molecule has 1 amide bonds. The molecule has 0 bridgehead atoms. The van der Waals surface area contributed by atoms with Crippen molar-refractivity contribution in [2.24, 2.45) is 0 Å². The number of hydrogen-bond donors (Lipinski definition) is 3. The Bertz CT molecular complexity index is 975. The second-order valence-electron chi connectivity index (χ2n) is 21.8. The number of carbonyl (C=O) groups excluding carboxylic acids is 2. The van der Waals surface area contributed by atoms with Crippen LogP contribution in [0.3, 0.4) is 0 Å². The molecule has 0 fully saturated rings. The van der Waals surface area contributed by atoms with E-state index in [4.69, 9.17) is 4.74 Å². The molecular formula is C62H123NO5. The van der Waals surface area contributed by atoms with Gasteiger partial charge in [-0.1, -0.05) is 322 Å². The molecule has 0 heterocycles. The molecular weight excluding hydrogens is 839 g/mol. The smallest absolute Gasteiger partial charge is 0.305 e. The zero-order chi connectivity index (χ0) is 49.3. The Morgan fingerprint density at radius 2 is 0.603 bits per heavy atom.